The van der Waals surface area contributed by atoms with Crippen molar-refractivity contribution in [1.82, 2.24) is 4.90 Å². The minimum Gasteiger partial charge on any atom is -0.396 e. The zero-order valence-electron chi connectivity index (χ0n) is 16.3. The monoisotopic (exact) mass is 363 g/mol. The van der Waals surface area contributed by atoms with Crippen LogP contribution in [0.5, 0.6) is 0 Å². The van der Waals surface area contributed by atoms with E-state index in [0.29, 0.717) is 18.6 Å². The van der Waals surface area contributed by atoms with Crippen molar-refractivity contribution in [3.63, 3.8) is 0 Å². The Bertz CT molecular complexity index is 552. The molecule has 1 aromatic carbocycles. The number of benzene rings is 1. The first-order valence-electron chi connectivity index (χ1n) is 9.58. The van der Waals surface area contributed by atoms with Crippen LogP contribution in [0.2, 0.25) is 5.02 Å². The second-order valence-electron chi connectivity index (χ2n) is 8.40. The summed E-state index contributed by atoms with van der Waals surface area (Å²) in [4.78, 5) is 2.64. The highest BCUT2D eigenvalue weighted by atomic mass is 35.5. The van der Waals surface area contributed by atoms with Gasteiger partial charge in [-0.2, -0.15) is 0 Å². The van der Waals surface area contributed by atoms with Crippen molar-refractivity contribution < 1.29 is 5.11 Å². The summed E-state index contributed by atoms with van der Waals surface area (Å²) < 4.78 is 0. The lowest BCUT2D eigenvalue weighted by molar-refractivity contribution is 0.122. The zero-order valence-corrected chi connectivity index (χ0v) is 17.0. The standard InChI is InChI=1S/C22H34ClNO/c1-17(2)15-21(24-12-9-18(10-13-24)11-14-25)16-22(3,4)19-5-7-20(23)8-6-19/h5-8,15,18,21,25H,9-14,16H2,1-4H3. The fourth-order valence-corrected chi connectivity index (χ4v) is 4.10. The SMILES string of the molecule is CC(C)=CC(CC(C)(C)c1ccc(Cl)cc1)N1CCC(CCO)CC1. The van der Waals surface area contributed by atoms with Crippen LogP contribution in [0.3, 0.4) is 0 Å². The molecule has 2 rings (SSSR count). The quantitative estimate of drug-likeness (QED) is 0.652. The van der Waals surface area contributed by atoms with E-state index in [1.807, 2.05) is 12.1 Å². The molecule has 1 atom stereocenters. The van der Waals surface area contributed by atoms with Gasteiger partial charge in [0.25, 0.3) is 0 Å². The molecule has 2 nitrogen and oxygen atoms in total. The van der Waals surface area contributed by atoms with Gasteiger partial charge in [-0.15, -0.1) is 0 Å². The lowest BCUT2D eigenvalue weighted by Crippen LogP contribution is -2.43. The Morgan fingerprint density at radius 3 is 2.36 bits per heavy atom. The van der Waals surface area contributed by atoms with Crippen molar-refractivity contribution in [2.75, 3.05) is 19.7 Å². The molecule has 1 N–H and O–H groups in total. The van der Waals surface area contributed by atoms with Gasteiger partial charge in [-0.1, -0.05) is 49.2 Å². The molecular weight excluding hydrogens is 330 g/mol. The third-order valence-electron chi connectivity index (χ3n) is 5.53. The summed E-state index contributed by atoms with van der Waals surface area (Å²) >= 11 is 6.06. The van der Waals surface area contributed by atoms with Crippen LogP contribution in [0, 0.1) is 5.92 Å². The van der Waals surface area contributed by atoms with E-state index in [2.05, 4.69) is 50.8 Å². The molecule has 1 aromatic rings. The number of hydrogen-bond acceptors (Lipinski definition) is 2. The molecule has 0 aliphatic carbocycles. The Kier molecular flexibility index (Phi) is 7.54. The smallest absolute Gasteiger partial charge is 0.0433 e. The maximum Gasteiger partial charge on any atom is 0.0433 e. The first kappa shape index (κ1) is 20.5. The number of likely N-dealkylation sites (tertiary alicyclic amines) is 1. The van der Waals surface area contributed by atoms with Crippen LogP contribution in [0.1, 0.15) is 58.9 Å². The lowest BCUT2D eigenvalue weighted by Gasteiger charge is -2.40. The maximum atomic E-state index is 9.18. The average molecular weight is 364 g/mol. The molecular formula is C22H34ClNO. The summed E-state index contributed by atoms with van der Waals surface area (Å²) in [5.74, 6) is 0.692. The Morgan fingerprint density at radius 2 is 1.84 bits per heavy atom. The molecule has 0 amide bonds. The number of aliphatic hydroxyl groups is 1. The number of nitrogens with zero attached hydrogens (tertiary/aromatic N) is 1. The van der Waals surface area contributed by atoms with E-state index in [4.69, 9.17) is 11.6 Å². The Hall–Kier alpha value is -0.830. The summed E-state index contributed by atoms with van der Waals surface area (Å²) in [6, 6.07) is 8.78. The normalized spacial score (nSPS) is 18.2. The highest BCUT2D eigenvalue weighted by Crippen LogP contribution is 2.33. The van der Waals surface area contributed by atoms with Crippen LogP contribution in [-0.4, -0.2) is 35.7 Å². The number of allylic oxidation sites excluding steroid dienone is 1. The fraction of sp³-hybridized carbons (Fsp3) is 0.636. The second kappa shape index (κ2) is 9.21. The van der Waals surface area contributed by atoms with Gasteiger partial charge in [0.05, 0.1) is 0 Å². The summed E-state index contributed by atoms with van der Waals surface area (Å²) in [6.07, 6.45) is 6.90. The van der Waals surface area contributed by atoms with Gasteiger partial charge in [-0.05, 0) is 81.6 Å². The molecule has 1 aliphatic heterocycles. The van der Waals surface area contributed by atoms with Gasteiger partial charge in [-0.25, -0.2) is 0 Å². The van der Waals surface area contributed by atoms with Crippen LogP contribution < -0.4 is 0 Å². The van der Waals surface area contributed by atoms with E-state index in [1.54, 1.807) is 0 Å². The average Bonchev–Trinajstić information content (AvgIpc) is 2.55. The van der Waals surface area contributed by atoms with Crippen molar-refractivity contribution in [1.29, 1.82) is 0 Å². The Balaban J connectivity index is 2.10. The number of hydrogen-bond donors (Lipinski definition) is 1. The third-order valence-corrected chi connectivity index (χ3v) is 5.78. The Morgan fingerprint density at radius 1 is 1.24 bits per heavy atom. The van der Waals surface area contributed by atoms with E-state index < -0.39 is 0 Å². The van der Waals surface area contributed by atoms with Gasteiger partial charge in [0, 0.05) is 17.7 Å². The maximum absolute atomic E-state index is 9.18. The topological polar surface area (TPSA) is 23.5 Å². The highest BCUT2D eigenvalue weighted by molar-refractivity contribution is 6.30. The minimum atomic E-state index is 0.100. The number of rotatable bonds is 7. The van der Waals surface area contributed by atoms with Crippen molar-refractivity contribution in [2.24, 2.45) is 5.92 Å². The van der Waals surface area contributed by atoms with Crippen molar-refractivity contribution in [3.8, 4) is 0 Å². The summed E-state index contributed by atoms with van der Waals surface area (Å²) in [5, 5.41) is 9.98. The highest BCUT2D eigenvalue weighted by Gasteiger charge is 2.30. The minimum absolute atomic E-state index is 0.100. The molecule has 25 heavy (non-hydrogen) atoms. The number of halogens is 1. The predicted octanol–water partition coefficient (Wildman–Crippen LogP) is 5.44. The van der Waals surface area contributed by atoms with Crippen LogP contribution in [-0.2, 0) is 5.41 Å². The molecule has 3 heteroatoms. The van der Waals surface area contributed by atoms with Gasteiger partial charge in [0.1, 0.15) is 0 Å². The molecule has 1 unspecified atom stereocenters. The molecule has 0 radical (unpaired) electrons. The van der Waals surface area contributed by atoms with Crippen molar-refractivity contribution in [3.05, 3.63) is 46.5 Å². The molecule has 1 saturated heterocycles. The van der Waals surface area contributed by atoms with E-state index in [-0.39, 0.29) is 5.41 Å². The van der Waals surface area contributed by atoms with Crippen LogP contribution in [0.4, 0.5) is 0 Å². The van der Waals surface area contributed by atoms with Crippen LogP contribution in [0.15, 0.2) is 35.9 Å². The van der Waals surface area contributed by atoms with E-state index in [1.165, 1.54) is 24.0 Å². The van der Waals surface area contributed by atoms with Crippen molar-refractivity contribution in [2.45, 2.75) is 64.8 Å². The first-order valence-corrected chi connectivity index (χ1v) is 9.95. The van der Waals surface area contributed by atoms with Gasteiger partial charge in [0.2, 0.25) is 0 Å². The molecule has 1 aliphatic rings. The van der Waals surface area contributed by atoms with Crippen molar-refractivity contribution >= 4 is 11.6 Å². The molecule has 1 fully saturated rings. The largest absolute Gasteiger partial charge is 0.396 e. The molecule has 140 valence electrons. The lowest BCUT2D eigenvalue weighted by atomic mass is 9.78. The predicted molar refractivity (Wildman–Crippen MR) is 108 cm³/mol. The summed E-state index contributed by atoms with van der Waals surface area (Å²) in [6.45, 7) is 11.7. The molecule has 0 saturated carbocycles. The third kappa shape index (κ3) is 6.13. The fourth-order valence-electron chi connectivity index (χ4n) is 3.98. The summed E-state index contributed by atoms with van der Waals surface area (Å²) in [7, 11) is 0. The first-order chi connectivity index (χ1) is 11.8. The van der Waals surface area contributed by atoms with Gasteiger partial charge in [0.15, 0.2) is 0 Å². The van der Waals surface area contributed by atoms with Crippen LogP contribution >= 0.6 is 11.6 Å². The van der Waals surface area contributed by atoms with Gasteiger partial charge in [-0.3, -0.25) is 4.90 Å². The molecule has 0 spiro atoms. The molecule has 1 heterocycles. The Labute approximate surface area is 158 Å². The number of piperidine rings is 1. The zero-order chi connectivity index (χ0) is 18.4. The van der Waals surface area contributed by atoms with Gasteiger partial charge >= 0.3 is 0 Å². The van der Waals surface area contributed by atoms with Crippen LogP contribution in [0.25, 0.3) is 0 Å². The van der Waals surface area contributed by atoms with E-state index >= 15 is 0 Å². The molecule has 0 bridgehead atoms. The van der Waals surface area contributed by atoms with E-state index in [9.17, 15) is 5.11 Å². The second-order valence-corrected chi connectivity index (χ2v) is 8.83. The number of aliphatic hydroxyl groups excluding tert-OH is 1. The molecule has 0 aromatic heterocycles. The summed E-state index contributed by atoms with van der Waals surface area (Å²) in [5.41, 5.74) is 2.83. The van der Waals surface area contributed by atoms with E-state index in [0.717, 1.165) is 31.0 Å². The van der Waals surface area contributed by atoms with Gasteiger partial charge < -0.3 is 5.11 Å².